The maximum atomic E-state index is 11.6. The van der Waals surface area contributed by atoms with Crippen molar-refractivity contribution < 1.29 is 43.3 Å². The molecule has 1 aliphatic rings. The molecule has 0 bridgehead atoms. The number of carbonyl (C=O) groups is 1. The van der Waals surface area contributed by atoms with Crippen molar-refractivity contribution >= 4 is 14.0 Å². The molecule has 0 heterocycles. The van der Waals surface area contributed by atoms with E-state index in [-0.39, 0.29) is 49.3 Å². The summed E-state index contributed by atoms with van der Waals surface area (Å²) >= 11 is 0. The van der Waals surface area contributed by atoms with Crippen LogP contribution in [0.25, 0.3) is 0 Å². The van der Waals surface area contributed by atoms with Crippen molar-refractivity contribution in [2.24, 2.45) is 5.92 Å². The van der Waals surface area contributed by atoms with Gasteiger partial charge in [0, 0.05) is 24.9 Å². The Morgan fingerprint density at radius 2 is 2.00 bits per heavy atom. The Hall–Kier alpha value is -0.993. The largest absolute Gasteiger partial charge is 1.00 e. The molecule has 6 nitrogen and oxygen atoms in total. The second kappa shape index (κ2) is 11.8. The first kappa shape index (κ1) is 24.0. The average molecular weight is 386 g/mol. The van der Waals surface area contributed by atoms with Gasteiger partial charge in [0.05, 0.1) is 11.7 Å². The molecule has 0 saturated heterocycles. The number of nitrogens with one attached hydrogen (secondary N) is 1. The van der Waals surface area contributed by atoms with Gasteiger partial charge in [-0.2, -0.15) is 0 Å². The smallest absolute Gasteiger partial charge is 0.595 e. The van der Waals surface area contributed by atoms with Gasteiger partial charge in [-0.05, 0) is 43.9 Å². The third-order valence-corrected chi connectivity index (χ3v) is 6.13. The Labute approximate surface area is 173 Å². The van der Waals surface area contributed by atoms with E-state index in [1.165, 1.54) is 0 Å². The molecule has 3 unspecified atom stereocenters. The summed E-state index contributed by atoms with van der Waals surface area (Å²) < 4.78 is 11.6. The molecule has 0 radical (unpaired) electrons. The number of aromatic carboxylic acids is 1. The molecule has 0 amide bonds. The Kier molecular flexibility index (Phi) is 10.5. The predicted octanol–water partition coefficient (Wildman–Crippen LogP) is -0.382. The Bertz CT molecular complexity index is 652. The number of rotatable bonds is 9. The summed E-state index contributed by atoms with van der Waals surface area (Å²) in [6.07, 6.45) is 6.06. The zero-order valence-corrected chi connectivity index (χ0v) is 16.8. The first-order chi connectivity index (χ1) is 12.4. The van der Waals surface area contributed by atoms with E-state index in [2.05, 4.69) is 11.4 Å². The van der Waals surface area contributed by atoms with Crippen molar-refractivity contribution in [3.05, 3.63) is 47.5 Å². The second-order valence-corrected chi connectivity index (χ2v) is 8.08. The van der Waals surface area contributed by atoms with Crippen molar-refractivity contribution in [2.75, 3.05) is 6.54 Å². The van der Waals surface area contributed by atoms with E-state index in [0.717, 1.165) is 24.8 Å². The van der Waals surface area contributed by atoms with Crippen molar-refractivity contribution in [1.82, 2.24) is 5.32 Å². The van der Waals surface area contributed by atoms with E-state index in [1.54, 1.807) is 24.3 Å². The summed E-state index contributed by atoms with van der Waals surface area (Å²) in [6.45, 7) is 2.20. The molecule has 0 fully saturated rings. The van der Waals surface area contributed by atoms with Crippen LogP contribution in [0.5, 0.6) is 0 Å². The third kappa shape index (κ3) is 7.50. The van der Waals surface area contributed by atoms with Crippen LogP contribution in [-0.4, -0.2) is 34.5 Å². The van der Waals surface area contributed by atoms with E-state index in [1.807, 2.05) is 13.0 Å². The van der Waals surface area contributed by atoms with Crippen LogP contribution in [0.4, 0.5) is 0 Å². The van der Waals surface area contributed by atoms with Crippen LogP contribution in [0.15, 0.2) is 36.4 Å². The number of hydrogen-bond acceptors (Lipinski definition) is 5. The summed E-state index contributed by atoms with van der Waals surface area (Å²) in [5.41, 5.74) is 0.632. The Morgan fingerprint density at radius 3 is 2.52 bits per heavy atom. The summed E-state index contributed by atoms with van der Waals surface area (Å²) in [5.74, 6) is -0.889. The molecule has 0 aromatic heterocycles. The van der Waals surface area contributed by atoms with Gasteiger partial charge in [-0.1, -0.05) is 28.8 Å². The monoisotopic (exact) mass is 386 g/mol. The van der Waals surface area contributed by atoms with Crippen LogP contribution < -0.4 is 29.1 Å². The zero-order valence-electron chi connectivity index (χ0n) is 15.9. The van der Waals surface area contributed by atoms with Gasteiger partial charge in [0.2, 0.25) is 0 Å². The van der Waals surface area contributed by atoms with Crippen molar-refractivity contribution in [2.45, 2.75) is 50.4 Å². The van der Waals surface area contributed by atoms with Crippen LogP contribution in [0.3, 0.4) is 0 Å². The number of aliphatic hydroxyl groups is 1. The number of carboxylic acids is 1. The molecule has 5 atom stereocenters. The zero-order chi connectivity index (χ0) is 19.1. The molecule has 0 spiro atoms. The number of aliphatic hydroxyl groups excluding tert-OH is 1. The van der Waals surface area contributed by atoms with Crippen LogP contribution in [0.2, 0.25) is 0 Å². The SMILES string of the molecule is C[C@H](NC[C@@H](O)CC(C1CC=CCC1)[P+](=O)[O-])c1ccc(C(=O)O)cc1.[Li+]. The maximum Gasteiger partial charge on any atom is 1.00 e. The van der Waals surface area contributed by atoms with Crippen LogP contribution in [-0.2, 0) is 4.57 Å². The third-order valence-electron chi connectivity index (χ3n) is 4.96. The standard InChI is InChI=1S/C19H26NO5P.Li/c1-13(14-7-9-16(10-8-14)19(22)23)20-12-17(21)11-18(26(24)25)15-5-3-2-4-6-15;/h2-3,7-10,13,15,17-18,20-21H,4-6,11-12H2,1H3,(H,22,23);/q;+1/t13-,15?,17-,18?;/m0./s1. The summed E-state index contributed by atoms with van der Waals surface area (Å²) in [4.78, 5) is 22.5. The van der Waals surface area contributed by atoms with Crippen LogP contribution >= 0.6 is 8.03 Å². The fraction of sp³-hybridized carbons (Fsp3) is 0.526. The first-order valence-corrected chi connectivity index (χ1v) is 10.2. The van der Waals surface area contributed by atoms with Gasteiger partial charge in [-0.15, -0.1) is 0 Å². The van der Waals surface area contributed by atoms with Gasteiger partial charge in [-0.3, -0.25) is 0 Å². The predicted molar refractivity (Wildman–Crippen MR) is 98.3 cm³/mol. The van der Waals surface area contributed by atoms with E-state index in [9.17, 15) is 19.4 Å². The fourth-order valence-electron chi connectivity index (χ4n) is 3.32. The van der Waals surface area contributed by atoms with Crippen LogP contribution in [0.1, 0.15) is 54.6 Å². The summed E-state index contributed by atoms with van der Waals surface area (Å²) in [6, 6.07) is 6.48. The number of allylic oxidation sites excluding steroid dienone is 2. The molecule has 8 heteroatoms. The summed E-state index contributed by atoms with van der Waals surface area (Å²) in [5, 5.41) is 22.4. The van der Waals surface area contributed by atoms with E-state index < -0.39 is 25.8 Å². The average Bonchev–Trinajstić information content (AvgIpc) is 2.64. The Balaban J connectivity index is 0.00000364. The maximum absolute atomic E-state index is 11.6. The number of hydrogen-bond donors (Lipinski definition) is 3. The molecule has 142 valence electrons. The topological polar surface area (TPSA) is 110 Å². The molecule has 1 aromatic carbocycles. The van der Waals surface area contributed by atoms with Crippen molar-refractivity contribution in [1.29, 1.82) is 0 Å². The second-order valence-electron chi connectivity index (χ2n) is 6.84. The first-order valence-electron chi connectivity index (χ1n) is 8.91. The molecule has 0 saturated carbocycles. The van der Waals surface area contributed by atoms with E-state index >= 15 is 0 Å². The molecule has 0 aliphatic heterocycles. The van der Waals surface area contributed by atoms with Gasteiger partial charge in [-0.25, -0.2) is 4.79 Å². The van der Waals surface area contributed by atoms with Gasteiger partial charge in [0.25, 0.3) is 0 Å². The molecular weight excluding hydrogens is 360 g/mol. The minimum absolute atomic E-state index is 0. The molecule has 1 aliphatic carbocycles. The molecule has 3 N–H and O–H groups in total. The fourth-order valence-corrected chi connectivity index (χ4v) is 4.35. The van der Waals surface area contributed by atoms with Crippen molar-refractivity contribution in [3.8, 4) is 0 Å². The number of carboxylic acid groups (broad SMARTS) is 1. The minimum atomic E-state index is -2.58. The normalized spacial score (nSPS) is 20.3. The summed E-state index contributed by atoms with van der Waals surface area (Å²) in [7, 11) is -2.58. The van der Waals surface area contributed by atoms with Crippen molar-refractivity contribution in [3.63, 3.8) is 0 Å². The molecule has 2 rings (SSSR count). The number of benzene rings is 1. The van der Waals surface area contributed by atoms with E-state index in [0.29, 0.717) is 0 Å². The van der Waals surface area contributed by atoms with Gasteiger partial charge in [0.1, 0.15) is 0 Å². The van der Waals surface area contributed by atoms with Gasteiger partial charge >= 0.3 is 32.9 Å². The van der Waals surface area contributed by atoms with Gasteiger partial charge < -0.3 is 20.4 Å². The quantitative estimate of drug-likeness (QED) is 0.303. The van der Waals surface area contributed by atoms with E-state index in [4.69, 9.17) is 5.11 Å². The molecular formula is C19H26LiNO5P+. The molecule has 1 aromatic rings. The van der Waals surface area contributed by atoms with Gasteiger partial charge in [0.15, 0.2) is 5.66 Å². The molecule has 27 heavy (non-hydrogen) atoms. The van der Waals surface area contributed by atoms with Crippen LogP contribution in [0, 0.1) is 5.92 Å². The minimum Gasteiger partial charge on any atom is -0.595 e. The Morgan fingerprint density at radius 1 is 1.33 bits per heavy atom.